The number of alkyl carbamates (subject to hydrolysis) is 1. The maximum Gasteiger partial charge on any atom is 0.407 e. The van der Waals surface area contributed by atoms with Crippen LogP contribution in [-0.4, -0.2) is 41.3 Å². The molecule has 0 spiro atoms. The highest BCUT2D eigenvalue weighted by Gasteiger charge is 2.46. The lowest BCUT2D eigenvalue weighted by molar-refractivity contribution is -0.142. The van der Waals surface area contributed by atoms with Gasteiger partial charge in [-0.3, -0.25) is 4.79 Å². The van der Waals surface area contributed by atoms with Gasteiger partial charge < -0.3 is 20.5 Å². The molecule has 3 N–H and O–H groups in total. The number of fused-ring (bicyclic) bond motifs is 3. The number of hydrogen-bond acceptors (Lipinski definition) is 4. The molecule has 0 bridgehead atoms. The van der Waals surface area contributed by atoms with Crippen LogP contribution < -0.4 is 10.6 Å². The number of carboxylic acids is 1. The number of carbonyl (C=O) groups excluding carboxylic acids is 2. The summed E-state index contributed by atoms with van der Waals surface area (Å²) < 4.78 is 5.58. The molecule has 4 rings (SSSR count). The second-order valence-electron chi connectivity index (χ2n) is 8.65. The minimum absolute atomic E-state index is 0.0306. The van der Waals surface area contributed by atoms with E-state index in [2.05, 4.69) is 34.9 Å². The van der Waals surface area contributed by atoms with Gasteiger partial charge in [0.25, 0.3) is 0 Å². The van der Waals surface area contributed by atoms with E-state index in [1.807, 2.05) is 31.2 Å². The van der Waals surface area contributed by atoms with E-state index in [1.165, 1.54) is 0 Å². The van der Waals surface area contributed by atoms with Gasteiger partial charge in [-0.15, -0.1) is 0 Å². The average molecular weight is 437 g/mol. The van der Waals surface area contributed by atoms with Crippen LogP contribution in [0.15, 0.2) is 48.5 Å². The number of hydrogen-bond donors (Lipinski definition) is 3. The van der Waals surface area contributed by atoms with Crippen molar-refractivity contribution in [1.29, 1.82) is 0 Å². The molecule has 168 valence electrons. The van der Waals surface area contributed by atoms with E-state index in [0.29, 0.717) is 25.7 Å². The van der Waals surface area contributed by atoms with E-state index >= 15 is 0 Å². The van der Waals surface area contributed by atoms with Crippen molar-refractivity contribution in [2.45, 2.75) is 56.5 Å². The van der Waals surface area contributed by atoms with E-state index in [9.17, 15) is 19.5 Å². The number of rotatable bonds is 9. The van der Waals surface area contributed by atoms with Gasteiger partial charge in [-0.25, -0.2) is 9.59 Å². The summed E-state index contributed by atoms with van der Waals surface area (Å²) in [4.78, 5) is 36.1. The molecular weight excluding hydrogens is 408 g/mol. The molecule has 1 atom stereocenters. The molecule has 0 saturated heterocycles. The standard InChI is InChI=1S/C25H28N2O5/c1-2-7-21(23(29)30)26-22(28)14-25(12-13-25)27-24(31)32-15-20-18-10-5-3-8-16(18)17-9-4-6-11-19(17)20/h3-6,8-11,20-21H,2,7,12-15H2,1H3,(H,26,28)(H,27,31)(H,29,30). The Balaban J connectivity index is 1.34. The molecule has 2 aromatic rings. The first-order valence-electron chi connectivity index (χ1n) is 11.1. The molecule has 7 nitrogen and oxygen atoms in total. The SMILES string of the molecule is CCCC(NC(=O)CC1(NC(=O)OCC2c3ccccc3-c3ccccc32)CC1)C(=O)O. The van der Waals surface area contributed by atoms with Crippen LogP contribution in [0.1, 0.15) is 56.1 Å². The number of carbonyl (C=O) groups is 3. The van der Waals surface area contributed by atoms with E-state index in [1.54, 1.807) is 0 Å². The fourth-order valence-corrected chi connectivity index (χ4v) is 4.45. The van der Waals surface area contributed by atoms with Gasteiger partial charge in [-0.05, 0) is 41.5 Å². The van der Waals surface area contributed by atoms with Crippen LogP contribution >= 0.6 is 0 Å². The number of amides is 2. The first-order valence-corrected chi connectivity index (χ1v) is 11.1. The predicted octanol–water partition coefficient (Wildman–Crippen LogP) is 3.82. The number of benzene rings is 2. The topological polar surface area (TPSA) is 105 Å². The van der Waals surface area contributed by atoms with Crippen molar-refractivity contribution in [2.75, 3.05) is 6.61 Å². The Kier molecular flexibility index (Phi) is 6.17. The summed E-state index contributed by atoms with van der Waals surface area (Å²) in [6, 6.07) is 15.3. The minimum atomic E-state index is -1.05. The van der Waals surface area contributed by atoms with Crippen molar-refractivity contribution >= 4 is 18.0 Å². The molecule has 1 saturated carbocycles. The maximum atomic E-state index is 12.5. The van der Waals surface area contributed by atoms with Crippen LogP contribution in [0.2, 0.25) is 0 Å². The monoisotopic (exact) mass is 436 g/mol. The van der Waals surface area contributed by atoms with Gasteiger partial charge in [0, 0.05) is 12.3 Å². The van der Waals surface area contributed by atoms with Crippen LogP contribution in [0, 0.1) is 0 Å². The Morgan fingerprint density at radius 3 is 2.19 bits per heavy atom. The number of carboxylic acid groups (broad SMARTS) is 1. The van der Waals surface area contributed by atoms with E-state index in [0.717, 1.165) is 22.3 Å². The van der Waals surface area contributed by atoms with Gasteiger partial charge in [-0.1, -0.05) is 61.9 Å². The van der Waals surface area contributed by atoms with Crippen LogP contribution in [0.25, 0.3) is 11.1 Å². The Hall–Kier alpha value is -3.35. The average Bonchev–Trinajstić information content (AvgIpc) is 3.44. The maximum absolute atomic E-state index is 12.5. The number of nitrogens with one attached hydrogen (secondary N) is 2. The van der Waals surface area contributed by atoms with Crippen LogP contribution in [-0.2, 0) is 14.3 Å². The smallest absolute Gasteiger partial charge is 0.407 e. The predicted molar refractivity (Wildman–Crippen MR) is 119 cm³/mol. The highest BCUT2D eigenvalue weighted by Crippen LogP contribution is 2.44. The zero-order valence-corrected chi connectivity index (χ0v) is 18.1. The second kappa shape index (κ2) is 9.02. The third kappa shape index (κ3) is 4.61. The lowest BCUT2D eigenvalue weighted by Crippen LogP contribution is -2.46. The quantitative estimate of drug-likeness (QED) is 0.554. The molecule has 0 radical (unpaired) electrons. The molecule has 7 heteroatoms. The van der Waals surface area contributed by atoms with Gasteiger partial charge in [-0.2, -0.15) is 0 Å². The van der Waals surface area contributed by atoms with Crippen LogP contribution in [0.3, 0.4) is 0 Å². The van der Waals surface area contributed by atoms with Crippen LogP contribution in [0.5, 0.6) is 0 Å². The van der Waals surface area contributed by atoms with E-state index in [-0.39, 0.29) is 24.9 Å². The summed E-state index contributed by atoms with van der Waals surface area (Å²) in [5, 5.41) is 14.6. The molecule has 0 heterocycles. The third-order valence-electron chi connectivity index (χ3n) is 6.27. The first-order chi connectivity index (χ1) is 15.4. The van der Waals surface area contributed by atoms with Gasteiger partial charge in [0.05, 0.1) is 5.54 Å². The molecule has 0 aromatic heterocycles. The lowest BCUT2D eigenvalue weighted by atomic mass is 9.98. The molecule has 0 aliphatic heterocycles. The van der Waals surface area contributed by atoms with E-state index < -0.39 is 23.6 Å². The minimum Gasteiger partial charge on any atom is -0.480 e. The molecule has 1 fully saturated rings. The number of aliphatic carboxylic acids is 1. The third-order valence-corrected chi connectivity index (χ3v) is 6.27. The molecule has 1 unspecified atom stereocenters. The molecule has 32 heavy (non-hydrogen) atoms. The fraction of sp³-hybridized carbons (Fsp3) is 0.400. The zero-order chi connectivity index (χ0) is 22.7. The van der Waals surface area contributed by atoms with Crippen molar-refractivity contribution < 1.29 is 24.2 Å². The van der Waals surface area contributed by atoms with Gasteiger partial charge in [0.2, 0.25) is 5.91 Å². The largest absolute Gasteiger partial charge is 0.480 e. The van der Waals surface area contributed by atoms with Crippen molar-refractivity contribution in [3.8, 4) is 11.1 Å². The van der Waals surface area contributed by atoms with Crippen molar-refractivity contribution in [2.24, 2.45) is 0 Å². The fourth-order valence-electron chi connectivity index (χ4n) is 4.45. The molecule has 2 aliphatic carbocycles. The summed E-state index contributed by atoms with van der Waals surface area (Å²) in [5.74, 6) is -1.45. The Labute approximate surface area is 187 Å². The molecule has 2 amide bonds. The van der Waals surface area contributed by atoms with Crippen molar-refractivity contribution in [1.82, 2.24) is 10.6 Å². The highest BCUT2D eigenvalue weighted by atomic mass is 16.5. The van der Waals surface area contributed by atoms with Crippen LogP contribution in [0.4, 0.5) is 4.79 Å². The molecule has 2 aromatic carbocycles. The van der Waals surface area contributed by atoms with E-state index in [4.69, 9.17) is 4.74 Å². The van der Waals surface area contributed by atoms with Crippen molar-refractivity contribution in [3.63, 3.8) is 0 Å². The van der Waals surface area contributed by atoms with Crippen molar-refractivity contribution in [3.05, 3.63) is 59.7 Å². The summed E-state index contributed by atoms with van der Waals surface area (Å²) >= 11 is 0. The Morgan fingerprint density at radius 2 is 1.66 bits per heavy atom. The molecular formula is C25H28N2O5. The van der Waals surface area contributed by atoms with Gasteiger partial charge in [0.1, 0.15) is 12.6 Å². The highest BCUT2D eigenvalue weighted by molar-refractivity contribution is 5.85. The normalized spacial score (nSPS) is 16.4. The molecule has 2 aliphatic rings. The Bertz CT molecular complexity index is 985. The summed E-state index contributed by atoms with van der Waals surface area (Å²) in [5.41, 5.74) is 3.94. The second-order valence-corrected chi connectivity index (χ2v) is 8.65. The lowest BCUT2D eigenvalue weighted by Gasteiger charge is -2.20. The number of ether oxygens (including phenoxy) is 1. The summed E-state index contributed by atoms with van der Waals surface area (Å²) in [6.07, 6.45) is 1.84. The summed E-state index contributed by atoms with van der Waals surface area (Å²) in [7, 11) is 0. The Morgan fingerprint density at radius 1 is 1.06 bits per heavy atom. The van der Waals surface area contributed by atoms with Gasteiger partial charge >= 0.3 is 12.1 Å². The zero-order valence-electron chi connectivity index (χ0n) is 18.1. The summed E-state index contributed by atoms with van der Waals surface area (Å²) in [6.45, 7) is 2.07. The first kappa shape index (κ1) is 21.9. The van der Waals surface area contributed by atoms with Gasteiger partial charge in [0.15, 0.2) is 0 Å².